The van der Waals surface area contributed by atoms with Crippen LogP contribution >= 0.6 is 19.8 Å². The number of nitrogens with zero attached hydrogens (tertiary/aromatic N) is 1. The first-order chi connectivity index (χ1) is 26.3. The van der Waals surface area contributed by atoms with Crippen LogP contribution in [0.15, 0.2) is 186 Å². The molecule has 3 heterocycles. The molecule has 0 N–H and O–H groups in total. The van der Waals surface area contributed by atoms with Crippen LogP contribution in [0.3, 0.4) is 0 Å². The molecule has 2 aromatic heterocycles. The number of furan rings is 1. The van der Waals surface area contributed by atoms with Gasteiger partial charge in [0.25, 0.3) is 0 Å². The van der Waals surface area contributed by atoms with Gasteiger partial charge in [-0.05, 0) is 0 Å². The summed E-state index contributed by atoms with van der Waals surface area (Å²) in [5.41, 5.74) is 10.7. The average Bonchev–Trinajstić information content (AvgIpc) is 3.87. The van der Waals surface area contributed by atoms with Gasteiger partial charge in [0.1, 0.15) is 0 Å². The van der Waals surface area contributed by atoms with Crippen molar-refractivity contribution < 1.29 is 4.42 Å². The quantitative estimate of drug-likeness (QED) is 0.129. The van der Waals surface area contributed by atoms with Gasteiger partial charge in [0.05, 0.1) is 0 Å². The molecule has 0 amide bonds. The third-order valence-corrected chi connectivity index (χ3v) is 17.2. The van der Waals surface area contributed by atoms with E-state index >= 15 is 0 Å². The SMILES string of the molecule is c1ccc(-n2c3ccccc3c3cc(-c4cc5cc6oc7ccccc7c6cc5c5ccc(I6c7ccccc7-c7ccccc76)cc45)ccc32)cc1. The molecule has 0 fully saturated rings. The van der Waals surface area contributed by atoms with Crippen LogP contribution in [0.5, 0.6) is 0 Å². The van der Waals surface area contributed by atoms with Gasteiger partial charge in [0.2, 0.25) is 0 Å². The fourth-order valence-corrected chi connectivity index (χ4v) is 15.1. The molecule has 0 spiro atoms. The number of para-hydroxylation sites is 3. The molecule has 11 aromatic rings. The summed E-state index contributed by atoms with van der Waals surface area (Å²) in [6.45, 7) is 0. The summed E-state index contributed by atoms with van der Waals surface area (Å²) in [6, 6.07) is 67.6. The average molecular weight is 788 g/mol. The van der Waals surface area contributed by atoms with Gasteiger partial charge in [-0.3, -0.25) is 0 Å². The van der Waals surface area contributed by atoms with Gasteiger partial charge in [-0.25, -0.2) is 0 Å². The van der Waals surface area contributed by atoms with E-state index in [1.54, 1.807) is 0 Å². The van der Waals surface area contributed by atoms with Crippen molar-refractivity contribution in [3.63, 3.8) is 0 Å². The van der Waals surface area contributed by atoms with Gasteiger partial charge < -0.3 is 0 Å². The molecule has 2 nitrogen and oxygen atoms in total. The Hall–Kier alpha value is -6.17. The van der Waals surface area contributed by atoms with Crippen molar-refractivity contribution in [3.8, 4) is 27.9 Å². The van der Waals surface area contributed by atoms with Crippen molar-refractivity contribution in [1.29, 1.82) is 0 Å². The topological polar surface area (TPSA) is 18.1 Å². The van der Waals surface area contributed by atoms with Crippen molar-refractivity contribution in [2.45, 2.75) is 0 Å². The van der Waals surface area contributed by atoms with Crippen LogP contribution < -0.4 is 0 Å². The second-order valence-electron chi connectivity index (χ2n) is 13.9. The Morgan fingerprint density at radius 2 is 1.08 bits per heavy atom. The van der Waals surface area contributed by atoms with E-state index in [2.05, 4.69) is 180 Å². The molecule has 12 rings (SSSR count). The minimum absolute atomic E-state index is 0.925. The fraction of sp³-hybridized carbons (Fsp3) is 0. The summed E-state index contributed by atoms with van der Waals surface area (Å²) in [5.74, 6) is 0. The van der Waals surface area contributed by atoms with E-state index < -0.39 is 19.8 Å². The molecule has 0 atom stereocenters. The Morgan fingerprint density at radius 1 is 0.377 bits per heavy atom. The normalized spacial score (nSPS) is 13.2. The van der Waals surface area contributed by atoms with Crippen molar-refractivity contribution in [3.05, 3.63) is 193 Å². The molecule has 0 bridgehead atoms. The molecule has 0 saturated carbocycles. The third-order valence-electron chi connectivity index (χ3n) is 11.1. The zero-order chi connectivity index (χ0) is 34.6. The summed E-state index contributed by atoms with van der Waals surface area (Å²) < 4.78 is 13.3. The van der Waals surface area contributed by atoms with E-state index in [9.17, 15) is 0 Å². The van der Waals surface area contributed by atoms with Crippen LogP contribution in [-0.4, -0.2) is 4.57 Å². The van der Waals surface area contributed by atoms with E-state index in [4.69, 9.17) is 4.42 Å². The molecule has 1 aliphatic rings. The second kappa shape index (κ2) is 11.2. The van der Waals surface area contributed by atoms with Crippen LogP contribution in [-0.2, 0) is 0 Å². The molecule has 9 aromatic carbocycles. The first-order valence-corrected chi connectivity index (χ1v) is 21.3. The maximum atomic E-state index is 6.43. The van der Waals surface area contributed by atoms with Crippen LogP contribution in [0, 0.1) is 10.7 Å². The van der Waals surface area contributed by atoms with E-state index in [1.807, 2.05) is 6.07 Å². The van der Waals surface area contributed by atoms with Gasteiger partial charge in [-0.1, -0.05) is 6.07 Å². The molecular weight excluding hydrogens is 757 g/mol. The van der Waals surface area contributed by atoms with Gasteiger partial charge in [0.15, 0.2) is 0 Å². The van der Waals surface area contributed by atoms with E-state index in [0.29, 0.717) is 0 Å². The number of aromatic nitrogens is 1. The number of fused-ring (bicyclic) bond motifs is 12. The maximum absolute atomic E-state index is 6.43. The van der Waals surface area contributed by atoms with Crippen molar-refractivity contribution in [2.24, 2.45) is 0 Å². The molecular formula is C50H30INO. The molecule has 0 aliphatic carbocycles. The summed E-state index contributed by atoms with van der Waals surface area (Å²) in [7, 11) is 0. The first kappa shape index (κ1) is 29.4. The number of benzene rings is 9. The van der Waals surface area contributed by atoms with Gasteiger partial charge in [-0.15, -0.1) is 0 Å². The molecule has 0 unspecified atom stereocenters. The molecule has 0 radical (unpaired) electrons. The molecule has 248 valence electrons. The Morgan fingerprint density at radius 3 is 1.91 bits per heavy atom. The fourth-order valence-electron chi connectivity index (χ4n) is 8.73. The summed E-state index contributed by atoms with van der Waals surface area (Å²) in [6.07, 6.45) is 0. The standard InChI is InChI=1S/C50H30INO/c1-2-12-34(13-3-1)52-47-20-10-6-16-38(47)43-26-31(22-25-48(43)52)40-27-32-28-50-44(39-17-7-11-21-49(39)53-50)30-41(32)35-24-23-33(29-42(35)40)51-45-18-8-4-14-36(45)37-15-5-9-19-46(37)51/h1-30H. The number of halogens is 1. The van der Waals surface area contributed by atoms with Crippen molar-refractivity contribution in [1.82, 2.24) is 4.57 Å². The minimum atomic E-state index is -1.95. The summed E-state index contributed by atoms with van der Waals surface area (Å²) >= 11 is -1.95. The van der Waals surface area contributed by atoms with Gasteiger partial charge in [0, 0.05) is 0 Å². The zero-order valence-corrected chi connectivity index (χ0v) is 30.7. The summed E-state index contributed by atoms with van der Waals surface area (Å²) in [4.78, 5) is 0. The van der Waals surface area contributed by atoms with Crippen LogP contribution in [0.2, 0.25) is 0 Å². The van der Waals surface area contributed by atoms with Crippen LogP contribution in [0.4, 0.5) is 0 Å². The van der Waals surface area contributed by atoms with Gasteiger partial charge in [-0.2, -0.15) is 0 Å². The van der Waals surface area contributed by atoms with Crippen molar-refractivity contribution in [2.75, 3.05) is 0 Å². The number of hydrogen-bond donors (Lipinski definition) is 0. The molecule has 3 heteroatoms. The Bertz CT molecular complexity index is 3250. The van der Waals surface area contributed by atoms with Gasteiger partial charge >= 0.3 is 309 Å². The van der Waals surface area contributed by atoms with Crippen molar-refractivity contribution >= 4 is 85.1 Å². The van der Waals surface area contributed by atoms with E-state index in [-0.39, 0.29) is 0 Å². The third kappa shape index (κ3) is 4.26. The number of rotatable bonds is 3. The second-order valence-corrected chi connectivity index (χ2v) is 19.1. The van der Waals surface area contributed by atoms with E-state index in [0.717, 1.165) is 21.9 Å². The van der Waals surface area contributed by atoms with Crippen LogP contribution in [0.25, 0.3) is 93.2 Å². The monoisotopic (exact) mass is 787 g/mol. The predicted octanol–water partition coefficient (Wildman–Crippen LogP) is 14.1. The van der Waals surface area contributed by atoms with Crippen LogP contribution in [0.1, 0.15) is 0 Å². The number of hydrogen-bond acceptors (Lipinski definition) is 1. The Labute approximate surface area is 312 Å². The Kier molecular flexibility index (Phi) is 6.20. The van der Waals surface area contributed by atoms with E-state index in [1.165, 1.54) is 82.0 Å². The molecule has 53 heavy (non-hydrogen) atoms. The molecule has 1 aliphatic heterocycles. The zero-order valence-electron chi connectivity index (χ0n) is 28.6. The summed E-state index contributed by atoms with van der Waals surface area (Å²) in [5, 5.41) is 9.86. The molecule has 0 saturated heterocycles. The Balaban J connectivity index is 1.16. The predicted molar refractivity (Wildman–Crippen MR) is 230 cm³/mol. The first-order valence-electron chi connectivity index (χ1n) is 18.1.